The second kappa shape index (κ2) is 11.8. The number of hydrogen-bond acceptors (Lipinski definition) is 2. The van der Waals surface area contributed by atoms with E-state index in [1.165, 1.54) is 10.8 Å². The number of fused-ring (bicyclic) bond motifs is 10. The number of aromatic nitrogens is 3. The average molecular weight is 700 g/mol. The molecule has 0 aliphatic rings. The lowest BCUT2D eigenvalue weighted by molar-refractivity contribution is 1.17. The molecule has 0 saturated carbocycles. The summed E-state index contributed by atoms with van der Waals surface area (Å²) in [6.07, 6.45) is 0. The summed E-state index contributed by atoms with van der Waals surface area (Å²) in [6.45, 7) is 0. The van der Waals surface area contributed by atoms with Gasteiger partial charge in [0.15, 0.2) is 0 Å². The number of nitrogens with zero attached hydrogens (tertiary/aromatic N) is 5. The summed E-state index contributed by atoms with van der Waals surface area (Å²) < 4.78 is 7.06. The Bertz CT molecular complexity index is 3390. The molecule has 5 nitrogen and oxygen atoms in total. The van der Waals surface area contributed by atoms with Gasteiger partial charge < -0.3 is 13.7 Å². The van der Waals surface area contributed by atoms with Crippen molar-refractivity contribution in [3.8, 4) is 40.3 Å². The zero-order valence-corrected chi connectivity index (χ0v) is 29.5. The second-order valence-corrected chi connectivity index (χ2v) is 13.9. The van der Waals surface area contributed by atoms with Crippen molar-refractivity contribution >= 4 is 65.4 Å². The van der Waals surface area contributed by atoms with Crippen molar-refractivity contribution < 1.29 is 0 Å². The van der Waals surface area contributed by atoms with Gasteiger partial charge in [-0.05, 0) is 66.7 Å². The van der Waals surface area contributed by atoms with Crippen molar-refractivity contribution in [3.05, 3.63) is 187 Å². The van der Waals surface area contributed by atoms with Gasteiger partial charge in [0.2, 0.25) is 0 Å². The minimum atomic E-state index is 0.353. The molecule has 0 aliphatic carbocycles. The Morgan fingerprint density at radius 2 is 0.909 bits per heavy atom. The molecule has 55 heavy (non-hydrogen) atoms. The molecule has 11 aromatic rings. The standard InChI is InChI=1S/C50H29N5/c51-30-32-14-13-22-36(43(32)31-52)41-28-35(54-44-23-10-7-19-37(44)38-20-8-11-24-45(38)54)29-42-39-26-27-47-48(50(39)55(49(41)42)34-17-5-2-6-18-34)40-21-9-12-25-46(40)53(47)33-15-3-1-4-16-33/h1-29H. The van der Waals surface area contributed by atoms with Crippen molar-refractivity contribution in [1.29, 1.82) is 10.5 Å². The molecule has 11 rings (SSSR count). The molecular formula is C50H29N5. The fraction of sp³-hybridized carbons (Fsp3) is 0. The summed E-state index contributed by atoms with van der Waals surface area (Å²) in [7, 11) is 0. The maximum absolute atomic E-state index is 10.7. The van der Waals surface area contributed by atoms with Gasteiger partial charge in [-0.3, -0.25) is 0 Å². The molecule has 0 unspecified atom stereocenters. The number of benzene rings is 8. The Kier molecular flexibility index (Phi) is 6.61. The molecule has 254 valence electrons. The number of rotatable bonds is 4. The maximum Gasteiger partial charge on any atom is 0.101 e. The Hall–Kier alpha value is -7.86. The quantitative estimate of drug-likeness (QED) is 0.184. The SMILES string of the molecule is N#Cc1cccc(-c2cc(-n3c4ccccc4c4ccccc43)cc3c4ccc5c(c6ccccc6n5-c5ccccc5)c4n(-c4ccccc4)c23)c1C#N. The Labute approximate surface area is 316 Å². The van der Waals surface area contributed by atoms with Gasteiger partial charge in [0.25, 0.3) is 0 Å². The molecule has 3 heterocycles. The van der Waals surface area contributed by atoms with Gasteiger partial charge in [-0.15, -0.1) is 0 Å². The summed E-state index contributed by atoms with van der Waals surface area (Å²) >= 11 is 0. The first kappa shape index (κ1) is 30.7. The van der Waals surface area contributed by atoms with Crippen LogP contribution in [0.4, 0.5) is 0 Å². The minimum absolute atomic E-state index is 0.353. The Morgan fingerprint density at radius 3 is 1.55 bits per heavy atom. The van der Waals surface area contributed by atoms with Crippen LogP contribution in [-0.2, 0) is 0 Å². The van der Waals surface area contributed by atoms with Crippen LogP contribution in [0.2, 0.25) is 0 Å². The van der Waals surface area contributed by atoms with Crippen LogP contribution in [-0.4, -0.2) is 13.7 Å². The molecule has 0 spiro atoms. The summed E-state index contributed by atoms with van der Waals surface area (Å²) in [5, 5.41) is 27.7. The van der Waals surface area contributed by atoms with Gasteiger partial charge in [-0.1, -0.05) is 109 Å². The van der Waals surface area contributed by atoms with E-state index in [-0.39, 0.29) is 0 Å². The van der Waals surface area contributed by atoms with Gasteiger partial charge in [0.1, 0.15) is 12.1 Å². The van der Waals surface area contributed by atoms with Crippen LogP contribution < -0.4 is 0 Å². The summed E-state index contributed by atoms with van der Waals surface area (Å²) in [5.41, 5.74) is 11.9. The van der Waals surface area contributed by atoms with Gasteiger partial charge in [-0.25, -0.2) is 0 Å². The molecule has 0 amide bonds. The summed E-state index contributed by atoms with van der Waals surface area (Å²) in [4.78, 5) is 0. The zero-order chi connectivity index (χ0) is 36.6. The normalized spacial score (nSPS) is 11.6. The van der Waals surface area contributed by atoms with Gasteiger partial charge >= 0.3 is 0 Å². The van der Waals surface area contributed by atoms with Crippen LogP contribution >= 0.6 is 0 Å². The van der Waals surface area contributed by atoms with E-state index in [0.29, 0.717) is 11.1 Å². The molecular weight excluding hydrogens is 671 g/mol. The number of nitriles is 2. The van der Waals surface area contributed by atoms with E-state index in [4.69, 9.17) is 0 Å². The first-order valence-corrected chi connectivity index (χ1v) is 18.3. The van der Waals surface area contributed by atoms with Crippen molar-refractivity contribution in [1.82, 2.24) is 13.7 Å². The van der Waals surface area contributed by atoms with E-state index in [0.717, 1.165) is 82.8 Å². The highest BCUT2D eigenvalue weighted by atomic mass is 15.0. The second-order valence-electron chi connectivity index (χ2n) is 13.9. The lowest BCUT2D eigenvalue weighted by atomic mass is 9.94. The summed E-state index contributed by atoms with van der Waals surface area (Å²) in [6, 6.07) is 66.0. The highest BCUT2D eigenvalue weighted by Gasteiger charge is 2.25. The van der Waals surface area contributed by atoms with E-state index in [2.05, 4.69) is 177 Å². The van der Waals surface area contributed by atoms with Crippen molar-refractivity contribution in [2.45, 2.75) is 0 Å². The van der Waals surface area contributed by atoms with Crippen molar-refractivity contribution in [2.24, 2.45) is 0 Å². The Morgan fingerprint density at radius 1 is 0.345 bits per heavy atom. The molecule has 0 bridgehead atoms. The molecule has 0 radical (unpaired) electrons. The average Bonchev–Trinajstić information content (AvgIpc) is 3.89. The fourth-order valence-electron chi connectivity index (χ4n) is 8.89. The molecule has 0 fully saturated rings. The van der Waals surface area contributed by atoms with Crippen LogP contribution in [0.25, 0.3) is 93.6 Å². The Balaban J connectivity index is 1.40. The summed E-state index contributed by atoms with van der Waals surface area (Å²) in [5.74, 6) is 0. The monoisotopic (exact) mass is 699 g/mol. The molecule has 5 heteroatoms. The molecule has 0 N–H and O–H groups in total. The van der Waals surface area contributed by atoms with E-state index < -0.39 is 0 Å². The molecule has 3 aromatic heterocycles. The first-order chi connectivity index (χ1) is 27.2. The molecule has 0 atom stereocenters. The number of hydrogen-bond donors (Lipinski definition) is 0. The maximum atomic E-state index is 10.7. The van der Waals surface area contributed by atoms with Crippen LogP contribution in [0.15, 0.2) is 176 Å². The molecule has 0 saturated heterocycles. The van der Waals surface area contributed by atoms with Gasteiger partial charge in [0.05, 0.1) is 44.2 Å². The van der Waals surface area contributed by atoms with Crippen molar-refractivity contribution in [3.63, 3.8) is 0 Å². The van der Waals surface area contributed by atoms with Crippen LogP contribution in [0.5, 0.6) is 0 Å². The van der Waals surface area contributed by atoms with E-state index >= 15 is 0 Å². The highest BCUT2D eigenvalue weighted by Crippen LogP contribution is 2.46. The predicted molar refractivity (Wildman–Crippen MR) is 224 cm³/mol. The van der Waals surface area contributed by atoms with Crippen molar-refractivity contribution in [2.75, 3.05) is 0 Å². The molecule has 0 aliphatic heterocycles. The largest absolute Gasteiger partial charge is 0.309 e. The van der Waals surface area contributed by atoms with Crippen LogP contribution in [0, 0.1) is 22.7 Å². The van der Waals surface area contributed by atoms with Gasteiger partial charge in [-0.2, -0.15) is 10.5 Å². The number of para-hydroxylation sites is 5. The molecule has 8 aromatic carbocycles. The smallest absolute Gasteiger partial charge is 0.101 e. The predicted octanol–water partition coefficient (Wildman–Crippen LogP) is 12.4. The lowest BCUT2D eigenvalue weighted by Crippen LogP contribution is -2.00. The lowest BCUT2D eigenvalue weighted by Gasteiger charge is -2.16. The third kappa shape index (κ3) is 4.33. The minimum Gasteiger partial charge on any atom is -0.309 e. The van der Waals surface area contributed by atoms with Crippen LogP contribution in [0.3, 0.4) is 0 Å². The van der Waals surface area contributed by atoms with E-state index in [1.54, 1.807) is 6.07 Å². The zero-order valence-electron chi connectivity index (χ0n) is 29.5. The van der Waals surface area contributed by atoms with E-state index in [9.17, 15) is 10.5 Å². The van der Waals surface area contributed by atoms with Crippen LogP contribution in [0.1, 0.15) is 11.1 Å². The first-order valence-electron chi connectivity index (χ1n) is 18.3. The fourth-order valence-corrected chi connectivity index (χ4v) is 8.89. The third-order valence-electron chi connectivity index (χ3n) is 11.1. The topological polar surface area (TPSA) is 62.4 Å². The van der Waals surface area contributed by atoms with Gasteiger partial charge in [0, 0.05) is 60.5 Å². The third-order valence-corrected chi connectivity index (χ3v) is 11.1. The highest BCUT2D eigenvalue weighted by molar-refractivity contribution is 6.28. The van der Waals surface area contributed by atoms with E-state index in [1.807, 2.05) is 18.2 Å².